The summed E-state index contributed by atoms with van der Waals surface area (Å²) in [7, 11) is -4.09. The Hall–Kier alpha value is -3.21. The zero-order valence-electron chi connectivity index (χ0n) is 20.3. The minimum Gasteiger partial charge on any atom is -0.383 e. The average molecular weight is 543 g/mol. The normalized spacial score (nSPS) is 18.3. The molecule has 5 rings (SSSR count). The molecule has 0 unspecified atom stereocenters. The zero-order chi connectivity index (χ0) is 26.3. The van der Waals surface area contributed by atoms with E-state index in [-0.39, 0.29) is 21.6 Å². The number of benzene rings is 2. The number of fused-ring (bicyclic) bond motifs is 1. The number of nitrogens with one attached hydrogen (secondary N) is 1. The van der Waals surface area contributed by atoms with E-state index in [2.05, 4.69) is 9.71 Å². The second kappa shape index (κ2) is 9.92. The lowest BCUT2D eigenvalue weighted by atomic mass is 9.82. The summed E-state index contributed by atoms with van der Waals surface area (Å²) in [5.74, 6) is -0.148. The number of anilines is 2. The molecule has 0 bridgehead atoms. The number of aryl methyl sites for hydroxylation is 1. The molecule has 1 aliphatic carbocycles. The maximum atomic E-state index is 15.2. The summed E-state index contributed by atoms with van der Waals surface area (Å²) in [5, 5.41) is 5.47. The third-order valence-electron chi connectivity index (χ3n) is 6.95. The summed E-state index contributed by atoms with van der Waals surface area (Å²) in [6, 6.07) is 10.4. The van der Waals surface area contributed by atoms with Crippen LogP contribution in [0.5, 0.6) is 0 Å². The number of hydrogen-bond acceptors (Lipinski definition) is 6. The fourth-order valence-corrected chi connectivity index (χ4v) is 6.62. The first-order valence-electron chi connectivity index (χ1n) is 12.2. The number of sulfonamides is 1. The van der Waals surface area contributed by atoms with Gasteiger partial charge in [-0.3, -0.25) is 9.40 Å². The Morgan fingerprint density at radius 2 is 1.89 bits per heavy atom. The molecule has 1 aliphatic rings. The van der Waals surface area contributed by atoms with E-state index in [4.69, 9.17) is 28.2 Å². The largest absolute Gasteiger partial charge is 0.383 e. The Kier molecular flexibility index (Phi) is 6.82. The molecule has 0 spiro atoms. The van der Waals surface area contributed by atoms with Gasteiger partial charge >= 0.3 is 0 Å². The highest BCUT2D eigenvalue weighted by atomic mass is 35.5. The van der Waals surface area contributed by atoms with Crippen LogP contribution in [0.25, 0.3) is 22.2 Å². The van der Waals surface area contributed by atoms with Crippen LogP contribution < -0.4 is 16.2 Å². The predicted molar refractivity (Wildman–Crippen MR) is 144 cm³/mol. The summed E-state index contributed by atoms with van der Waals surface area (Å²) in [6.45, 7) is 2.58. The standard InChI is InChI=1S/C26H28ClFN6O2S/c1-2-34-25-18(15-7-10-17(29)11-8-15)14-31-26(30)23(25)24(32-34)16-9-12-21(20(28)13-16)33-37(35,36)22-6-4-3-5-19(22)27/h3-6,9,12-15,17,33H,2,7-8,10-11,29H2,1H3,(H2,30,31)/t15-,17-. The lowest BCUT2D eigenvalue weighted by Gasteiger charge is -2.27. The SMILES string of the molecule is CCn1nc(-c2ccc(NS(=O)(=O)c3ccccc3Cl)c(F)c2)c2c(N)ncc([C@H]3CC[C@H](N)CC3)c21. The van der Waals surface area contributed by atoms with Crippen LogP contribution in [-0.4, -0.2) is 29.2 Å². The van der Waals surface area contributed by atoms with Crippen molar-refractivity contribution in [1.29, 1.82) is 0 Å². The molecule has 2 aromatic carbocycles. The molecule has 4 aromatic rings. The molecule has 0 amide bonds. The van der Waals surface area contributed by atoms with Gasteiger partial charge in [0.25, 0.3) is 10.0 Å². The number of nitrogens with zero attached hydrogens (tertiary/aromatic N) is 3. The van der Waals surface area contributed by atoms with Crippen LogP contribution in [0, 0.1) is 5.82 Å². The quantitative estimate of drug-likeness (QED) is 0.304. The molecular formula is C26H28ClFN6O2S. The summed E-state index contributed by atoms with van der Waals surface area (Å²) < 4.78 is 45.0. The monoisotopic (exact) mass is 542 g/mol. The third kappa shape index (κ3) is 4.76. The molecule has 0 atom stereocenters. The second-order valence-corrected chi connectivity index (χ2v) is 11.4. The van der Waals surface area contributed by atoms with Crippen molar-refractivity contribution in [3.63, 3.8) is 0 Å². The summed E-state index contributed by atoms with van der Waals surface area (Å²) in [6.07, 6.45) is 5.63. The number of rotatable bonds is 6. The average Bonchev–Trinajstić information content (AvgIpc) is 3.27. The molecule has 8 nitrogen and oxygen atoms in total. The van der Waals surface area contributed by atoms with Gasteiger partial charge in [0.1, 0.15) is 22.2 Å². The molecular weight excluding hydrogens is 515 g/mol. The summed E-state index contributed by atoms with van der Waals surface area (Å²) >= 11 is 6.03. The highest BCUT2D eigenvalue weighted by Crippen LogP contribution is 2.40. The van der Waals surface area contributed by atoms with Crippen molar-refractivity contribution >= 4 is 44.0 Å². The maximum absolute atomic E-state index is 15.2. The van der Waals surface area contributed by atoms with Gasteiger partial charge in [-0.05, 0) is 68.4 Å². The van der Waals surface area contributed by atoms with Gasteiger partial charge in [0.05, 0.1) is 21.6 Å². The minimum absolute atomic E-state index is 0.0438. The molecule has 194 valence electrons. The van der Waals surface area contributed by atoms with Gasteiger partial charge in [-0.2, -0.15) is 5.10 Å². The molecule has 11 heteroatoms. The molecule has 0 saturated heterocycles. The van der Waals surface area contributed by atoms with Gasteiger partial charge in [-0.25, -0.2) is 17.8 Å². The molecule has 37 heavy (non-hydrogen) atoms. The van der Waals surface area contributed by atoms with Gasteiger partial charge in [-0.15, -0.1) is 0 Å². The molecule has 1 saturated carbocycles. The predicted octanol–water partition coefficient (Wildman–Crippen LogP) is 5.28. The van der Waals surface area contributed by atoms with E-state index in [1.165, 1.54) is 24.3 Å². The topological polar surface area (TPSA) is 129 Å². The number of aromatic nitrogens is 3. The number of nitrogens with two attached hydrogens (primary N) is 2. The van der Waals surface area contributed by atoms with E-state index in [1.807, 2.05) is 17.8 Å². The highest BCUT2D eigenvalue weighted by molar-refractivity contribution is 7.92. The van der Waals surface area contributed by atoms with Gasteiger partial charge in [0, 0.05) is 24.3 Å². The van der Waals surface area contributed by atoms with E-state index >= 15 is 4.39 Å². The fourth-order valence-electron chi connectivity index (χ4n) is 5.03. The second-order valence-electron chi connectivity index (χ2n) is 9.33. The van der Waals surface area contributed by atoms with E-state index in [0.717, 1.165) is 36.8 Å². The smallest absolute Gasteiger partial charge is 0.263 e. The Morgan fingerprint density at radius 3 is 2.57 bits per heavy atom. The Bertz CT molecular complexity index is 1580. The van der Waals surface area contributed by atoms with Gasteiger partial charge in [0.2, 0.25) is 0 Å². The number of halogens is 2. The van der Waals surface area contributed by atoms with Gasteiger partial charge in [-0.1, -0.05) is 29.8 Å². The summed E-state index contributed by atoms with van der Waals surface area (Å²) in [5.41, 5.74) is 15.2. The van der Waals surface area contributed by atoms with Crippen molar-refractivity contribution in [2.45, 2.75) is 56.0 Å². The summed E-state index contributed by atoms with van der Waals surface area (Å²) in [4.78, 5) is 4.32. The van der Waals surface area contributed by atoms with Crippen LogP contribution in [0.15, 0.2) is 53.6 Å². The zero-order valence-corrected chi connectivity index (χ0v) is 21.9. The van der Waals surface area contributed by atoms with Crippen LogP contribution in [0.1, 0.15) is 44.1 Å². The molecule has 0 aliphatic heterocycles. The van der Waals surface area contributed by atoms with E-state index in [1.54, 1.807) is 18.2 Å². The van der Waals surface area contributed by atoms with Crippen LogP contribution >= 0.6 is 11.6 Å². The fraction of sp³-hybridized carbons (Fsp3) is 0.308. The number of hydrogen-bond donors (Lipinski definition) is 3. The first-order chi connectivity index (χ1) is 17.7. The van der Waals surface area contributed by atoms with Crippen LogP contribution in [0.4, 0.5) is 15.9 Å². The first kappa shape index (κ1) is 25.4. The molecule has 1 fully saturated rings. The van der Waals surface area contributed by atoms with Crippen LogP contribution in [-0.2, 0) is 16.6 Å². The van der Waals surface area contributed by atoms with Crippen molar-refractivity contribution < 1.29 is 12.8 Å². The molecule has 2 aromatic heterocycles. The highest BCUT2D eigenvalue weighted by Gasteiger charge is 2.27. The first-order valence-corrected chi connectivity index (χ1v) is 14.0. The van der Waals surface area contributed by atoms with Gasteiger partial charge in [0.15, 0.2) is 0 Å². The number of pyridine rings is 1. The molecule has 0 radical (unpaired) electrons. The van der Waals surface area contributed by atoms with Crippen LogP contribution in [0.2, 0.25) is 5.02 Å². The van der Waals surface area contributed by atoms with Crippen LogP contribution in [0.3, 0.4) is 0 Å². The van der Waals surface area contributed by atoms with Gasteiger partial charge < -0.3 is 11.5 Å². The minimum atomic E-state index is -4.09. The Labute approximate surface area is 219 Å². The van der Waals surface area contributed by atoms with E-state index in [9.17, 15) is 8.42 Å². The van der Waals surface area contributed by atoms with Crippen molar-refractivity contribution in [3.05, 3.63) is 65.1 Å². The molecule has 5 N–H and O–H groups in total. The Balaban J connectivity index is 1.55. The maximum Gasteiger partial charge on any atom is 0.263 e. The third-order valence-corrected chi connectivity index (χ3v) is 8.81. The van der Waals surface area contributed by atoms with Crippen molar-refractivity contribution in [2.24, 2.45) is 5.73 Å². The Morgan fingerprint density at radius 1 is 1.16 bits per heavy atom. The lowest BCUT2D eigenvalue weighted by molar-refractivity contribution is 0.395. The van der Waals surface area contributed by atoms with E-state index < -0.39 is 15.8 Å². The lowest BCUT2D eigenvalue weighted by Crippen LogP contribution is -2.26. The van der Waals surface area contributed by atoms with Crippen molar-refractivity contribution in [1.82, 2.24) is 14.8 Å². The van der Waals surface area contributed by atoms with Crippen molar-refractivity contribution in [3.8, 4) is 11.3 Å². The molecule has 2 heterocycles. The number of nitrogen functional groups attached to an aromatic ring is 1. The van der Waals surface area contributed by atoms with E-state index in [0.29, 0.717) is 34.9 Å². The van der Waals surface area contributed by atoms with Crippen molar-refractivity contribution in [2.75, 3.05) is 10.5 Å².